The highest BCUT2D eigenvalue weighted by molar-refractivity contribution is 6.32. The van der Waals surface area contributed by atoms with E-state index in [2.05, 4.69) is 5.32 Å². The Kier molecular flexibility index (Phi) is 4.34. The number of phenols is 1. The van der Waals surface area contributed by atoms with Gasteiger partial charge in [-0.15, -0.1) is 0 Å². The van der Waals surface area contributed by atoms with Gasteiger partial charge in [-0.05, 0) is 25.1 Å². The van der Waals surface area contributed by atoms with Crippen LogP contribution in [0.4, 0.5) is 0 Å². The first kappa shape index (κ1) is 13.8. The molecule has 0 atom stereocenters. The topological polar surface area (TPSA) is 89.8 Å². The van der Waals surface area contributed by atoms with E-state index in [-0.39, 0.29) is 29.5 Å². The Morgan fingerprint density at radius 2 is 2.00 bits per heavy atom. The van der Waals surface area contributed by atoms with Crippen molar-refractivity contribution in [3.05, 3.63) is 28.8 Å². The van der Waals surface area contributed by atoms with Crippen LogP contribution in [0.25, 0.3) is 0 Å². The van der Waals surface area contributed by atoms with Crippen LogP contribution in [0.1, 0.15) is 17.3 Å². The number of nitrogens with one attached hydrogen (secondary N) is 1. The summed E-state index contributed by atoms with van der Waals surface area (Å²) < 4.78 is 0. The first-order valence-corrected chi connectivity index (χ1v) is 5.32. The Morgan fingerprint density at radius 3 is 2.47 bits per heavy atom. The van der Waals surface area contributed by atoms with E-state index in [9.17, 15) is 9.90 Å². The lowest BCUT2D eigenvalue weighted by Crippen LogP contribution is -2.51. The molecule has 0 spiro atoms. The van der Waals surface area contributed by atoms with E-state index in [0.29, 0.717) is 0 Å². The number of aliphatic hydroxyl groups is 2. The minimum Gasteiger partial charge on any atom is -0.506 e. The molecule has 0 aliphatic heterocycles. The third kappa shape index (κ3) is 3.33. The summed E-state index contributed by atoms with van der Waals surface area (Å²) in [6.07, 6.45) is 0. The van der Waals surface area contributed by atoms with Crippen molar-refractivity contribution in [2.45, 2.75) is 12.5 Å². The molecule has 0 aliphatic carbocycles. The monoisotopic (exact) mass is 259 g/mol. The number of carbonyl (C=O) groups excluding carboxylic acids is 1. The fourth-order valence-electron chi connectivity index (χ4n) is 1.12. The Labute approximate surface area is 104 Å². The smallest absolute Gasteiger partial charge is 0.251 e. The number of rotatable bonds is 4. The second-order valence-corrected chi connectivity index (χ2v) is 4.40. The van der Waals surface area contributed by atoms with Crippen LogP contribution >= 0.6 is 11.6 Å². The number of aromatic hydroxyl groups is 1. The zero-order valence-electron chi connectivity index (χ0n) is 9.27. The van der Waals surface area contributed by atoms with Gasteiger partial charge in [-0.25, -0.2) is 0 Å². The molecule has 6 heteroatoms. The van der Waals surface area contributed by atoms with Gasteiger partial charge in [0, 0.05) is 5.56 Å². The van der Waals surface area contributed by atoms with Gasteiger partial charge in [0.25, 0.3) is 5.91 Å². The van der Waals surface area contributed by atoms with Crippen molar-refractivity contribution in [3.63, 3.8) is 0 Å². The second kappa shape index (κ2) is 5.35. The highest BCUT2D eigenvalue weighted by Gasteiger charge is 2.25. The number of hydrogen-bond acceptors (Lipinski definition) is 4. The molecule has 0 radical (unpaired) electrons. The van der Waals surface area contributed by atoms with Crippen LogP contribution in [-0.4, -0.2) is 40.0 Å². The minimum absolute atomic E-state index is 0.0624. The van der Waals surface area contributed by atoms with Gasteiger partial charge in [0.05, 0.1) is 23.8 Å². The van der Waals surface area contributed by atoms with Crippen LogP contribution in [-0.2, 0) is 0 Å². The van der Waals surface area contributed by atoms with Crippen LogP contribution in [0.15, 0.2) is 18.2 Å². The van der Waals surface area contributed by atoms with E-state index in [1.165, 1.54) is 25.1 Å². The molecule has 1 aromatic carbocycles. The lowest BCUT2D eigenvalue weighted by molar-refractivity contribution is 0.0724. The third-order valence-corrected chi connectivity index (χ3v) is 2.63. The van der Waals surface area contributed by atoms with E-state index in [1.54, 1.807) is 0 Å². The molecular weight excluding hydrogens is 246 g/mol. The van der Waals surface area contributed by atoms with Crippen molar-refractivity contribution in [2.75, 3.05) is 13.2 Å². The van der Waals surface area contributed by atoms with Gasteiger partial charge in [0.1, 0.15) is 5.75 Å². The maximum Gasteiger partial charge on any atom is 0.251 e. The maximum atomic E-state index is 11.8. The number of halogens is 1. The van der Waals surface area contributed by atoms with E-state index >= 15 is 0 Å². The summed E-state index contributed by atoms with van der Waals surface area (Å²) in [6, 6.07) is 4.00. The van der Waals surface area contributed by atoms with Gasteiger partial charge in [0.2, 0.25) is 0 Å². The van der Waals surface area contributed by atoms with E-state index < -0.39 is 11.4 Å². The summed E-state index contributed by atoms with van der Waals surface area (Å²) in [5.74, 6) is -0.604. The van der Waals surface area contributed by atoms with E-state index in [4.69, 9.17) is 21.8 Å². The van der Waals surface area contributed by atoms with Gasteiger partial charge >= 0.3 is 0 Å². The molecule has 0 saturated carbocycles. The van der Waals surface area contributed by atoms with Crippen molar-refractivity contribution in [1.29, 1.82) is 0 Å². The Morgan fingerprint density at radius 1 is 1.41 bits per heavy atom. The summed E-state index contributed by atoms with van der Waals surface area (Å²) in [4.78, 5) is 11.8. The predicted octanol–water partition coefficient (Wildman–Crippen LogP) is 0.519. The quantitative estimate of drug-likeness (QED) is 0.635. The SMILES string of the molecule is CC(CO)(CO)NC(=O)c1ccc(O)c(Cl)c1. The predicted molar refractivity (Wildman–Crippen MR) is 63.2 cm³/mol. The molecule has 0 unspecified atom stereocenters. The van der Waals surface area contributed by atoms with Crippen LogP contribution in [0.2, 0.25) is 5.02 Å². The second-order valence-electron chi connectivity index (χ2n) is 4.00. The number of carbonyl (C=O) groups is 1. The van der Waals surface area contributed by atoms with Crippen molar-refractivity contribution < 1.29 is 20.1 Å². The largest absolute Gasteiger partial charge is 0.506 e. The first-order valence-electron chi connectivity index (χ1n) is 4.94. The molecule has 94 valence electrons. The summed E-state index contributed by atoms with van der Waals surface area (Å²) in [6.45, 7) is 0.731. The normalized spacial score (nSPS) is 11.3. The van der Waals surface area contributed by atoms with E-state index in [0.717, 1.165) is 0 Å². The number of aliphatic hydroxyl groups excluding tert-OH is 2. The van der Waals surface area contributed by atoms with Crippen LogP contribution in [0.5, 0.6) is 5.75 Å². The number of amides is 1. The molecule has 0 heterocycles. The molecule has 17 heavy (non-hydrogen) atoms. The third-order valence-electron chi connectivity index (χ3n) is 2.32. The number of hydrogen-bond donors (Lipinski definition) is 4. The lowest BCUT2D eigenvalue weighted by Gasteiger charge is -2.26. The summed E-state index contributed by atoms with van der Waals surface area (Å²) in [7, 11) is 0. The highest BCUT2D eigenvalue weighted by atomic mass is 35.5. The average Bonchev–Trinajstić information content (AvgIpc) is 2.32. The zero-order valence-corrected chi connectivity index (χ0v) is 10.0. The molecule has 0 saturated heterocycles. The van der Waals surface area contributed by atoms with Gasteiger partial charge in [-0.1, -0.05) is 11.6 Å². The van der Waals surface area contributed by atoms with Gasteiger partial charge in [-0.2, -0.15) is 0 Å². The van der Waals surface area contributed by atoms with Crippen LogP contribution in [0, 0.1) is 0 Å². The zero-order chi connectivity index (χ0) is 13.1. The van der Waals surface area contributed by atoms with Crippen LogP contribution in [0.3, 0.4) is 0 Å². The summed E-state index contributed by atoms with van der Waals surface area (Å²) >= 11 is 5.67. The fourth-order valence-corrected chi connectivity index (χ4v) is 1.30. The van der Waals surface area contributed by atoms with E-state index in [1.807, 2.05) is 0 Å². The molecule has 1 rings (SSSR count). The van der Waals surface area contributed by atoms with Crippen molar-refractivity contribution in [2.24, 2.45) is 0 Å². The molecular formula is C11H14ClNO4. The molecule has 0 fully saturated rings. The maximum absolute atomic E-state index is 11.8. The van der Waals surface area contributed by atoms with Crippen LogP contribution < -0.4 is 5.32 Å². The van der Waals surface area contributed by atoms with Gasteiger partial charge in [0.15, 0.2) is 0 Å². The highest BCUT2D eigenvalue weighted by Crippen LogP contribution is 2.23. The lowest BCUT2D eigenvalue weighted by atomic mass is 10.0. The molecule has 0 aliphatic rings. The Bertz CT molecular complexity index is 418. The minimum atomic E-state index is -1.10. The number of benzene rings is 1. The molecule has 4 N–H and O–H groups in total. The molecule has 1 aromatic rings. The molecule has 1 amide bonds. The van der Waals surface area contributed by atoms with Crippen molar-refractivity contribution >= 4 is 17.5 Å². The Balaban J connectivity index is 2.86. The van der Waals surface area contributed by atoms with Gasteiger partial charge < -0.3 is 20.6 Å². The fraction of sp³-hybridized carbons (Fsp3) is 0.364. The van der Waals surface area contributed by atoms with Crippen molar-refractivity contribution in [1.82, 2.24) is 5.32 Å². The first-order chi connectivity index (χ1) is 7.91. The van der Waals surface area contributed by atoms with Gasteiger partial charge in [-0.3, -0.25) is 4.79 Å². The summed E-state index contributed by atoms with van der Waals surface area (Å²) in [5.41, 5.74) is -0.859. The average molecular weight is 260 g/mol. The molecule has 0 bridgehead atoms. The number of phenolic OH excluding ortho intramolecular Hbond substituents is 1. The Hall–Kier alpha value is -1.30. The molecule has 5 nitrogen and oxygen atoms in total. The summed E-state index contributed by atoms with van der Waals surface area (Å²) in [5, 5.41) is 29.8. The van der Waals surface area contributed by atoms with Crippen molar-refractivity contribution in [3.8, 4) is 5.75 Å². The molecule has 0 aromatic heterocycles. The standard InChI is InChI=1S/C11H14ClNO4/c1-11(5-14,6-15)13-10(17)7-2-3-9(16)8(12)4-7/h2-4,14-16H,5-6H2,1H3,(H,13,17).